The van der Waals surface area contributed by atoms with Crippen molar-refractivity contribution in [1.82, 2.24) is 20.4 Å². The molecule has 0 saturated heterocycles. The summed E-state index contributed by atoms with van der Waals surface area (Å²) in [5.41, 5.74) is 3.24. The van der Waals surface area contributed by atoms with Crippen LogP contribution in [0.25, 0.3) is 11.3 Å². The van der Waals surface area contributed by atoms with Gasteiger partial charge in [0.05, 0.1) is 10.6 Å². The van der Waals surface area contributed by atoms with Gasteiger partial charge < -0.3 is 10.6 Å². The summed E-state index contributed by atoms with van der Waals surface area (Å²) >= 11 is 1.46. The highest BCUT2D eigenvalue weighted by molar-refractivity contribution is 7.12. The first kappa shape index (κ1) is 17.4. The molecule has 25 heavy (non-hydrogen) atoms. The Kier molecular flexibility index (Phi) is 5.63. The average molecular weight is 354 g/mol. The minimum absolute atomic E-state index is 0.0328. The van der Waals surface area contributed by atoms with Crippen LogP contribution in [0, 0.1) is 0 Å². The van der Waals surface area contributed by atoms with Crippen LogP contribution in [-0.2, 0) is 13.5 Å². The summed E-state index contributed by atoms with van der Waals surface area (Å²) < 4.78 is 1.81. The van der Waals surface area contributed by atoms with Crippen LogP contribution in [0.4, 0.5) is 0 Å². The molecule has 0 saturated carbocycles. The molecule has 130 valence electrons. The number of thiophene rings is 1. The molecule has 0 aliphatic rings. The lowest BCUT2D eigenvalue weighted by atomic mass is 10.1. The lowest BCUT2D eigenvalue weighted by Gasteiger charge is -2.18. The Morgan fingerprint density at radius 2 is 2.08 bits per heavy atom. The second-order valence-corrected chi connectivity index (χ2v) is 6.87. The van der Waals surface area contributed by atoms with Crippen molar-refractivity contribution in [2.75, 3.05) is 13.6 Å². The van der Waals surface area contributed by atoms with Crippen molar-refractivity contribution in [2.24, 2.45) is 7.05 Å². The molecule has 0 aliphatic heterocycles. The van der Waals surface area contributed by atoms with E-state index in [9.17, 15) is 4.79 Å². The molecule has 0 fully saturated rings. The van der Waals surface area contributed by atoms with Crippen molar-refractivity contribution in [3.63, 3.8) is 0 Å². The predicted octanol–water partition coefficient (Wildman–Crippen LogP) is 2.71. The minimum Gasteiger partial charge on any atom is -0.347 e. The summed E-state index contributed by atoms with van der Waals surface area (Å²) in [6.45, 7) is 0.723. The maximum atomic E-state index is 12.6. The number of benzene rings is 1. The zero-order chi connectivity index (χ0) is 17.6. The first-order valence-electron chi connectivity index (χ1n) is 8.23. The zero-order valence-electron chi connectivity index (χ0n) is 14.4. The molecule has 3 aromatic rings. The molecule has 2 heterocycles. The van der Waals surface area contributed by atoms with Gasteiger partial charge >= 0.3 is 0 Å². The van der Waals surface area contributed by atoms with E-state index in [1.807, 2.05) is 54.5 Å². The number of aryl methyl sites for hydroxylation is 1. The third-order valence-corrected chi connectivity index (χ3v) is 4.98. The van der Waals surface area contributed by atoms with Crippen molar-refractivity contribution >= 4 is 17.2 Å². The summed E-state index contributed by atoms with van der Waals surface area (Å²) in [5, 5.41) is 12.5. The normalized spacial score (nSPS) is 12.1. The molecule has 1 amide bonds. The zero-order valence-corrected chi connectivity index (χ0v) is 15.2. The smallest absolute Gasteiger partial charge is 0.261 e. The van der Waals surface area contributed by atoms with E-state index in [2.05, 4.69) is 27.9 Å². The van der Waals surface area contributed by atoms with Crippen LogP contribution in [0.5, 0.6) is 0 Å². The molecule has 0 radical (unpaired) electrons. The predicted molar refractivity (Wildman–Crippen MR) is 102 cm³/mol. The van der Waals surface area contributed by atoms with Crippen molar-refractivity contribution in [3.8, 4) is 11.3 Å². The molecule has 1 aromatic carbocycles. The fraction of sp³-hybridized carbons (Fsp3) is 0.263. The number of likely N-dealkylation sites (N-methyl/N-ethyl adjacent to an activating group) is 1. The lowest BCUT2D eigenvalue weighted by molar-refractivity contribution is 0.0941. The largest absolute Gasteiger partial charge is 0.347 e. The second-order valence-electron chi connectivity index (χ2n) is 5.96. The van der Waals surface area contributed by atoms with Crippen LogP contribution >= 0.6 is 11.3 Å². The minimum atomic E-state index is -0.0328. The van der Waals surface area contributed by atoms with E-state index in [0.717, 1.165) is 24.2 Å². The summed E-state index contributed by atoms with van der Waals surface area (Å²) in [6.07, 6.45) is 2.56. The molecule has 1 unspecified atom stereocenters. The van der Waals surface area contributed by atoms with Crippen LogP contribution in [0.2, 0.25) is 0 Å². The highest BCUT2D eigenvalue weighted by atomic mass is 32.1. The average Bonchev–Trinajstić information content (AvgIpc) is 3.24. The standard InChI is InChI=1S/C19H22N4OS/c1-20-12-16(10-14-6-4-3-5-7-14)22-19(24)18-11-15(13-25-18)17-8-9-21-23(17)2/h3-9,11,13,16,20H,10,12H2,1-2H3,(H,22,24). The number of carbonyl (C=O) groups is 1. The maximum Gasteiger partial charge on any atom is 0.261 e. The number of hydrogen-bond acceptors (Lipinski definition) is 4. The Morgan fingerprint density at radius 3 is 2.76 bits per heavy atom. The molecular weight excluding hydrogens is 332 g/mol. The Morgan fingerprint density at radius 1 is 1.28 bits per heavy atom. The van der Waals surface area contributed by atoms with Crippen molar-refractivity contribution < 1.29 is 4.79 Å². The van der Waals surface area contributed by atoms with Crippen LogP contribution in [0.3, 0.4) is 0 Å². The molecule has 0 bridgehead atoms. The molecule has 5 nitrogen and oxygen atoms in total. The van der Waals surface area contributed by atoms with Gasteiger partial charge in [0.2, 0.25) is 0 Å². The fourth-order valence-electron chi connectivity index (χ4n) is 2.82. The lowest BCUT2D eigenvalue weighted by Crippen LogP contribution is -2.42. The number of rotatable bonds is 7. The molecule has 0 spiro atoms. The fourth-order valence-corrected chi connectivity index (χ4v) is 3.63. The van der Waals surface area contributed by atoms with Gasteiger partial charge in [-0.05, 0) is 31.2 Å². The molecular formula is C19H22N4OS. The Labute approximate surface area is 151 Å². The third kappa shape index (κ3) is 4.35. The van der Waals surface area contributed by atoms with E-state index in [1.54, 1.807) is 6.20 Å². The summed E-state index contributed by atoms with van der Waals surface area (Å²) in [5.74, 6) is -0.0328. The van der Waals surface area contributed by atoms with Gasteiger partial charge in [0, 0.05) is 36.8 Å². The van der Waals surface area contributed by atoms with Gasteiger partial charge in [-0.15, -0.1) is 11.3 Å². The molecule has 0 aliphatic carbocycles. The highest BCUT2D eigenvalue weighted by Crippen LogP contribution is 2.25. The number of nitrogens with one attached hydrogen (secondary N) is 2. The van der Waals surface area contributed by atoms with Gasteiger partial charge in [-0.25, -0.2) is 0 Å². The van der Waals surface area contributed by atoms with Gasteiger partial charge in [-0.3, -0.25) is 9.48 Å². The van der Waals surface area contributed by atoms with Gasteiger partial charge in [-0.2, -0.15) is 5.10 Å². The number of nitrogens with zero attached hydrogens (tertiary/aromatic N) is 2. The van der Waals surface area contributed by atoms with E-state index in [1.165, 1.54) is 16.9 Å². The third-order valence-electron chi connectivity index (χ3n) is 4.05. The molecule has 2 aromatic heterocycles. The van der Waals surface area contributed by atoms with Crippen LogP contribution in [0.1, 0.15) is 15.2 Å². The van der Waals surface area contributed by atoms with Crippen LogP contribution in [0.15, 0.2) is 54.0 Å². The Balaban J connectivity index is 1.69. The highest BCUT2D eigenvalue weighted by Gasteiger charge is 2.16. The number of aromatic nitrogens is 2. The first-order chi connectivity index (χ1) is 12.2. The van der Waals surface area contributed by atoms with E-state index in [-0.39, 0.29) is 11.9 Å². The number of carbonyl (C=O) groups excluding carboxylic acids is 1. The first-order valence-corrected chi connectivity index (χ1v) is 9.11. The van der Waals surface area contributed by atoms with Gasteiger partial charge in [-0.1, -0.05) is 30.3 Å². The van der Waals surface area contributed by atoms with E-state index in [0.29, 0.717) is 4.88 Å². The number of amides is 1. The van der Waals surface area contributed by atoms with Gasteiger partial charge in [0.15, 0.2) is 0 Å². The monoisotopic (exact) mass is 354 g/mol. The Hall–Kier alpha value is -2.44. The quantitative estimate of drug-likeness (QED) is 0.686. The van der Waals surface area contributed by atoms with Gasteiger partial charge in [0.1, 0.15) is 0 Å². The van der Waals surface area contributed by atoms with Crippen molar-refractivity contribution in [1.29, 1.82) is 0 Å². The summed E-state index contributed by atoms with van der Waals surface area (Å²) in [4.78, 5) is 13.4. The van der Waals surface area contributed by atoms with Crippen LogP contribution < -0.4 is 10.6 Å². The number of hydrogen-bond donors (Lipinski definition) is 2. The van der Waals surface area contributed by atoms with Gasteiger partial charge in [0.25, 0.3) is 5.91 Å². The van der Waals surface area contributed by atoms with E-state index >= 15 is 0 Å². The maximum absolute atomic E-state index is 12.6. The Bertz CT molecular complexity index is 825. The molecule has 3 rings (SSSR count). The summed E-state index contributed by atoms with van der Waals surface area (Å²) in [7, 11) is 3.80. The van der Waals surface area contributed by atoms with E-state index < -0.39 is 0 Å². The molecule has 6 heteroatoms. The van der Waals surface area contributed by atoms with Crippen LogP contribution in [-0.4, -0.2) is 35.3 Å². The topological polar surface area (TPSA) is 58.9 Å². The molecule has 2 N–H and O–H groups in total. The SMILES string of the molecule is CNCC(Cc1ccccc1)NC(=O)c1cc(-c2ccnn2C)cs1. The summed E-state index contributed by atoms with van der Waals surface area (Å²) in [6, 6.07) is 14.1. The second kappa shape index (κ2) is 8.09. The van der Waals surface area contributed by atoms with E-state index in [4.69, 9.17) is 0 Å². The van der Waals surface area contributed by atoms with Crippen molar-refractivity contribution in [2.45, 2.75) is 12.5 Å². The van der Waals surface area contributed by atoms with Crippen molar-refractivity contribution in [3.05, 3.63) is 64.5 Å². The molecule has 1 atom stereocenters.